The van der Waals surface area contributed by atoms with Gasteiger partial charge in [0.15, 0.2) is 4.34 Å². The van der Waals surface area contributed by atoms with Crippen LogP contribution in [0.15, 0.2) is 15.7 Å². The van der Waals surface area contributed by atoms with Gasteiger partial charge in [0.2, 0.25) is 0 Å². The number of aromatic nitrogens is 4. The van der Waals surface area contributed by atoms with Crippen LogP contribution < -0.4 is 5.73 Å². The van der Waals surface area contributed by atoms with E-state index in [9.17, 15) is 0 Å². The van der Waals surface area contributed by atoms with Crippen molar-refractivity contribution in [2.45, 2.75) is 29.6 Å². The number of rotatable bonds is 3. The van der Waals surface area contributed by atoms with Crippen LogP contribution in [0.25, 0.3) is 0 Å². The lowest BCUT2D eigenvalue weighted by molar-refractivity contribution is 0.966. The molecule has 0 saturated heterocycles. The number of anilines is 1. The molecule has 2 aromatic rings. The Morgan fingerprint density at radius 1 is 1.44 bits per heavy atom. The van der Waals surface area contributed by atoms with E-state index >= 15 is 0 Å². The van der Waals surface area contributed by atoms with Crippen molar-refractivity contribution in [3.63, 3.8) is 0 Å². The molecule has 2 aromatic heterocycles. The molecule has 2 rings (SSSR count). The Hall–Kier alpha value is -1.21. The topological polar surface area (TPSA) is 77.6 Å². The lowest BCUT2D eigenvalue weighted by Crippen LogP contribution is -1.97. The standard InChI is InChI=1S/C9H11N5S2/c1-3-6-13-9(16-14-6)15-8-5(2)7(10)11-4-12-8/h4H,3H2,1-2H3,(H2,10,11,12). The highest BCUT2D eigenvalue weighted by Crippen LogP contribution is 2.30. The van der Waals surface area contributed by atoms with Crippen molar-refractivity contribution >= 4 is 29.1 Å². The lowest BCUT2D eigenvalue weighted by atomic mass is 10.4. The fraction of sp³-hybridized carbons (Fsp3) is 0.333. The van der Waals surface area contributed by atoms with Gasteiger partial charge in [0, 0.05) is 12.0 Å². The first-order chi connectivity index (χ1) is 7.70. The maximum atomic E-state index is 5.71. The van der Waals surface area contributed by atoms with Gasteiger partial charge in [-0.2, -0.15) is 4.37 Å². The molecule has 0 aliphatic rings. The molecule has 0 saturated carbocycles. The first-order valence-corrected chi connectivity index (χ1v) is 6.37. The Bertz CT molecular complexity index is 496. The Kier molecular flexibility index (Phi) is 3.35. The minimum absolute atomic E-state index is 0.512. The molecule has 0 unspecified atom stereocenters. The van der Waals surface area contributed by atoms with Crippen molar-refractivity contribution < 1.29 is 0 Å². The van der Waals surface area contributed by atoms with E-state index in [1.807, 2.05) is 13.8 Å². The third-order valence-corrected chi connectivity index (χ3v) is 3.92. The monoisotopic (exact) mass is 253 g/mol. The zero-order chi connectivity index (χ0) is 11.5. The van der Waals surface area contributed by atoms with Gasteiger partial charge >= 0.3 is 0 Å². The van der Waals surface area contributed by atoms with Gasteiger partial charge < -0.3 is 5.73 Å². The SMILES string of the molecule is CCc1nsc(Sc2ncnc(N)c2C)n1. The van der Waals surface area contributed by atoms with Crippen molar-refractivity contribution in [2.24, 2.45) is 0 Å². The minimum Gasteiger partial charge on any atom is -0.383 e. The number of nitrogens with zero attached hydrogens (tertiary/aromatic N) is 4. The molecule has 2 N–H and O–H groups in total. The van der Waals surface area contributed by atoms with Gasteiger partial charge in [-0.3, -0.25) is 0 Å². The molecule has 0 aliphatic heterocycles. The summed E-state index contributed by atoms with van der Waals surface area (Å²) in [5, 5.41) is 0.839. The second kappa shape index (κ2) is 4.75. The summed E-state index contributed by atoms with van der Waals surface area (Å²) in [6.07, 6.45) is 2.31. The molecule has 0 spiro atoms. The van der Waals surface area contributed by atoms with Gasteiger partial charge in [0.1, 0.15) is 23.0 Å². The molecule has 0 amide bonds. The number of aryl methyl sites for hydroxylation is 1. The molecule has 0 radical (unpaired) electrons. The molecule has 0 aromatic carbocycles. The van der Waals surface area contributed by atoms with Crippen molar-refractivity contribution in [3.8, 4) is 0 Å². The summed E-state index contributed by atoms with van der Waals surface area (Å²) in [5.41, 5.74) is 6.60. The molecular formula is C9H11N5S2. The maximum Gasteiger partial charge on any atom is 0.176 e. The van der Waals surface area contributed by atoms with Crippen LogP contribution in [0, 0.1) is 6.92 Å². The predicted molar refractivity (Wildman–Crippen MR) is 64.6 cm³/mol. The van der Waals surface area contributed by atoms with Crippen LogP contribution >= 0.6 is 23.3 Å². The average molecular weight is 253 g/mol. The van der Waals surface area contributed by atoms with E-state index in [-0.39, 0.29) is 0 Å². The average Bonchev–Trinajstić information content (AvgIpc) is 2.73. The smallest absolute Gasteiger partial charge is 0.176 e. The zero-order valence-corrected chi connectivity index (χ0v) is 10.6. The van der Waals surface area contributed by atoms with Crippen LogP contribution in [-0.2, 0) is 6.42 Å². The minimum atomic E-state index is 0.512. The van der Waals surface area contributed by atoms with Gasteiger partial charge in [0.25, 0.3) is 0 Å². The van der Waals surface area contributed by atoms with Crippen molar-refractivity contribution in [1.82, 2.24) is 19.3 Å². The Morgan fingerprint density at radius 3 is 2.94 bits per heavy atom. The zero-order valence-electron chi connectivity index (χ0n) is 8.97. The molecule has 16 heavy (non-hydrogen) atoms. The van der Waals surface area contributed by atoms with Crippen LogP contribution in [0.2, 0.25) is 0 Å². The van der Waals surface area contributed by atoms with Crippen molar-refractivity contribution in [3.05, 3.63) is 17.7 Å². The summed E-state index contributed by atoms with van der Waals surface area (Å²) in [5.74, 6) is 1.38. The quantitative estimate of drug-likeness (QED) is 0.842. The van der Waals surface area contributed by atoms with E-state index in [4.69, 9.17) is 5.73 Å². The molecule has 0 aliphatic carbocycles. The third kappa shape index (κ3) is 2.30. The summed E-state index contributed by atoms with van der Waals surface area (Å²) in [7, 11) is 0. The van der Waals surface area contributed by atoms with Crippen molar-refractivity contribution in [1.29, 1.82) is 0 Å². The highest BCUT2D eigenvalue weighted by molar-refractivity contribution is 8.00. The van der Waals surface area contributed by atoms with Gasteiger partial charge in [-0.15, -0.1) is 0 Å². The van der Waals surface area contributed by atoms with Crippen LogP contribution in [-0.4, -0.2) is 19.3 Å². The molecular weight excluding hydrogens is 242 g/mol. The van der Waals surface area contributed by atoms with Crippen LogP contribution in [0.1, 0.15) is 18.3 Å². The largest absolute Gasteiger partial charge is 0.383 e. The summed E-state index contributed by atoms with van der Waals surface area (Å²) >= 11 is 2.86. The first kappa shape index (κ1) is 11.3. The molecule has 2 heterocycles. The fourth-order valence-electron chi connectivity index (χ4n) is 1.06. The second-order valence-electron chi connectivity index (χ2n) is 3.12. The molecule has 7 heteroatoms. The first-order valence-electron chi connectivity index (χ1n) is 4.78. The number of hydrogen-bond donors (Lipinski definition) is 1. The molecule has 0 atom stereocenters. The summed E-state index contributed by atoms with van der Waals surface area (Å²) in [4.78, 5) is 12.5. The summed E-state index contributed by atoms with van der Waals surface area (Å²) in [6, 6.07) is 0. The summed E-state index contributed by atoms with van der Waals surface area (Å²) < 4.78 is 5.11. The highest BCUT2D eigenvalue weighted by atomic mass is 32.2. The van der Waals surface area contributed by atoms with E-state index < -0.39 is 0 Å². The number of hydrogen-bond acceptors (Lipinski definition) is 7. The van der Waals surface area contributed by atoms with E-state index in [2.05, 4.69) is 19.3 Å². The van der Waals surface area contributed by atoms with Crippen LogP contribution in [0.5, 0.6) is 0 Å². The summed E-state index contributed by atoms with van der Waals surface area (Å²) in [6.45, 7) is 3.93. The van der Waals surface area contributed by atoms with E-state index in [0.29, 0.717) is 5.82 Å². The van der Waals surface area contributed by atoms with Crippen LogP contribution in [0.4, 0.5) is 5.82 Å². The van der Waals surface area contributed by atoms with Gasteiger partial charge in [0.05, 0.1) is 0 Å². The maximum absolute atomic E-state index is 5.71. The van der Waals surface area contributed by atoms with Gasteiger partial charge in [-0.25, -0.2) is 15.0 Å². The Balaban J connectivity index is 2.23. The second-order valence-corrected chi connectivity index (χ2v) is 5.11. The van der Waals surface area contributed by atoms with Gasteiger partial charge in [-0.1, -0.05) is 6.92 Å². The normalized spacial score (nSPS) is 10.6. The van der Waals surface area contributed by atoms with E-state index in [1.165, 1.54) is 29.6 Å². The van der Waals surface area contributed by atoms with E-state index in [1.54, 1.807) is 0 Å². The number of nitrogens with two attached hydrogens (primary N) is 1. The molecule has 0 fully saturated rings. The van der Waals surface area contributed by atoms with Crippen LogP contribution in [0.3, 0.4) is 0 Å². The number of nitrogen functional groups attached to an aromatic ring is 1. The molecule has 0 bridgehead atoms. The third-order valence-electron chi connectivity index (χ3n) is 2.03. The lowest BCUT2D eigenvalue weighted by Gasteiger charge is -2.02. The Morgan fingerprint density at radius 2 is 2.25 bits per heavy atom. The fourth-order valence-corrected chi connectivity index (χ4v) is 2.73. The Labute approximate surface area is 102 Å². The molecule has 5 nitrogen and oxygen atoms in total. The highest BCUT2D eigenvalue weighted by Gasteiger charge is 2.09. The van der Waals surface area contributed by atoms with Gasteiger partial charge in [-0.05, 0) is 30.2 Å². The van der Waals surface area contributed by atoms with Crippen molar-refractivity contribution in [2.75, 3.05) is 5.73 Å². The predicted octanol–water partition coefficient (Wildman–Crippen LogP) is 1.93. The molecule has 84 valence electrons. The van der Waals surface area contributed by atoms with E-state index in [0.717, 1.165) is 27.2 Å².